The van der Waals surface area contributed by atoms with Gasteiger partial charge in [-0.3, -0.25) is 4.68 Å². The van der Waals surface area contributed by atoms with E-state index in [0.717, 1.165) is 25.2 Å². The number of likely N-dealkylation sites (N-methyl/N-ethyl adjacent to an activating group) is 1. The first-order valence-corrected chi connectivity index (χ1v) is 6.05. The van der Waals surface area contributed by atoms with Gasteiger partial charge in [0.05, 0.1) is 11.2 Å². The highest BCUT2D eigenvalue weighted by Crippen LogP contribution is 2.27. The average molecular weight is 227 g/mol. The van der Waals surface area contributed by atoms with Gasteiger partial charge in [-0.2, -0.15) is 5.10 Å². The molecule has 0 N–H and O–H groups in total. The molecule has 0 saturated carbocycles. The molecule has 1 aliphatic rings. The van der Waals surface area contributed by atoms with Crippen LogP contribution in [0.3, 0.4) is 0 Å². The molecule has 1 aromatic carbocycles. The van der Waals surface area contributed by atoms with Crippen molar-refractivity contribution in [3.63, 3.8) is 0 Å². The van der Waals surface area contributed by atoms with E-state index in [0.29, 0.717) is 0 Å². The van der Waals surface area contributed by atoms with Crippen molar-refractivity contribution < 1.29 is 0 Å². The lowest BCUT2D eigenvalue weighted by Gasteiger charge is -2.21. The molecule has 0 spiro atoms. The van der Waals surface area contributed by atoms with Crippen LogP contribution in [0.2, 0.25) is 0 Å². The van der Waals surface area contributed by atoms with Gasteiger partial charge in [-0.25, -0.2) is 0 Å². The maximum atomic E-state index is 4.67. The molecular formula is C14H17N3. The summed E-state index contributed by atoms with van der Waals surface area (Å²) in [7, 11) is 4.17. The Labute approximate surface area is 101 Å². The van der Waals surface area contributed by atoms with E-state index in [1.807, 2.05) is 11.7 Å². The minimum absolute atomic E-state index is 1.03. The molecule has 0 bridgehead atoms. The van der Waals surface area contributed by atoms with Gasteiger partial charge in [-0.1, -0.05) is 24.3 Å². The molecule has 17 heavy (non-hydrogen) atoms. The van der Waals surface area contributed by atoms with E-state index >= 15 is 0 Å². The Morgan fingerprint density at radius 3 is 2.76 bits per heavy atom. The molecule has 88 valence electrons. The molecule has 3 nitrogen and oxygen atoms in total. The molecule has 0 amide bonds. The fourth-order valence-electron chi connectivity index (χ4n) is 2.44. The number of aryl methyl sites for hydroxylation is 1. The number of fused-ring (bicyclic) bond motifs is 1. The highest BCUT2D eigenvalue weighted by molar-refractivity contribution is 5.90. The second kappa shape index (κ2) is 4.00. The number of hydrogen-bond donors (Lipinski definition) is 0. The third-order valence-corrected chi connectivity index (χ3v) is 3.47. The van der Waals surface area contributed by atoms with Crippen molar-refractivity contribution in [1.82, 2.24) is 14.7 Å². The van der Waals surface area contributed by atoms with Crippen molar-refractivity contribution in [2.45, 2.75) is 6.42 Å². The summed E-state index contributed by atoms with van der Waals surface area (Å²) in [4.78, 5) is 2.33. The van der Waals surface area contributed by atoms with E-state index in [2.05, 4.69) is 47.4 Å². The maximum absolute atomic E-state index is 4.67. The van der Waals surface area contributed by atoms with Gasteiger partial charge >= 0.3 is 0 Å². The summed E-state index contributed by atoms with van der Waals surface area (Å²) in [6.07, 6.45) is 3.40. The number of nitrogens with zero attached hydrogens (tertiary/aromatic N) is 3. The molecule has 0 aliphatic carbocycles. The second-order valence-corrected chi connectivity index (χ2v) is 4.73. The third kappa shape index (κ3) is 1.76. The van der Waals surface area contributed by atoms with Gasteiger partial charge in [-0.05, 0) is 25.1 Å². The van der Waals surface area contributed by atoms with Crippen molar-refractivity contribution in [3.05, 3.63) is 36.0 Å². The summed E-state index contributed by atoms with van der Waals surface area (Å²) in [6, 6.07) is 8.44. The number of benzene rings is 1. The van der Waals surface area contributed by atoms with Crippen LogP contribution in [0.25, 0.3) is 16.5 Å². The van der Waals surface area contributed by atoms with Crippen LogP contribution in [0.4, 0.5) is 0 Å². The predicted octanol–water partition coefficient (Wildman–Crippen LogP) is 2.29. The van der Waals surface area contributed by atoms with Crippen molar-refractivity contribution in [3.8, 4) is 0 Å². The monoisotopic (exact) mass is 227 g/mol. The van der Waals surface area contributed by atoms with Crippen molar-refractivity contribution in [1.29, 1.82) is 0 Å². The van der Waals surface area contributed by atoms with Crippen LogP contribution in [0.15, 0.2) is 30.3 Å². The minimum atomic E-state index is 1.03. The Kier molecular flexibility index (Phi) is 2.48. The number of rotatable bonds is 1. The third-order valence-electron chi connectivity index (χ3n) is 3.47. The highest BCUT2D eigenvalue weighted by Gasteiger charge is 2.15. The van der Waals surface area contributed by atoms with Crippen LogP contribution in [-0.2, 0) is 7.05 Å². The van der Waals surface area contributed by atoms with Crippen LogP contribution in [0.1, 0.15) is 12.1 Å². The number of aromatic nitrogens is 2. The summed E-state index contributed by atoms with van der Waals surface area (Å²) in [5, 5.41) is 5.94. The molecule has 2 heterocycles. The van der Waals surface area contributed by atoms with E-state index in [-0.39, 0.29) is 0 Å². The Morgan fingerprint density at radius 2 is 2.00 bits per heavy atom. The standard InChI is InChI=1S/C14H17N3/c1-16-9-7-11(8-10-16)14-12-5-3-4-6-13(12)17(2)15-14/h3-7H,8-10H2,1-2H3. The summed E-state index contributed by atoms with van der Waals surface area (Å²) >= 11 is 0. The zero-order valence-corrected chi connectivity index (χ0v) is 10.3. The summed E-state index contributed by atoms with van der Waals surface area (Å²) in [5.74, 6) is 0. The van der Waals surface area contributed by atoms with Crippen LogP contribution >= 0.6 is 0 Å². The van der Waals surface area contributed by atoms with Crippen LogP contribution < -0.4 is 0 Å². The Hall–Kier alpha value is -1.61. The van der Waals surface area contributed by atoms with E-state index in [1.165, 1.54) is 16.5 Å². The molecule has 2 aromatic rings. The molecular weight excluding hydrogens is 210 g/mol. The topological polar surface area (TPSA) is 21.1 Å². The van der Waals surface area contributed by atoms with Crippen LogP contribution in [0.5, 0.6) is 0 Å². The Morgan fingerprint density at radius 1 is 1.18 bits per heavy atom. The van der Waals surface area contributed by atoms with E-state index < -0.39 is 0 Å². The van der Waals surface area contributed by atoms with Gasteiger partial charge in [-0.15, -0.1) is 0 Å². The maximum Gasteiger partial charge on any atom is 0.0959 e. The van der Waals surface area contributed by atoms with Gasteiger partial charge in [0.15, 0.2) is 0 Å². The summed E-state index contributed by atoms with van der Waals surface area (Å²) < 4.78 is 1.98. The van der Waals surface area contributed by atoms with E-state index in [1.54, 1.807) is 0 Å². The quantitative estimate of drug-likeness (QED) is 0.745. The zero-order valence-electron chi connectivity index (χ0n) is 10.3. The molecule has 0 atom stereocenters. The molecule has 3 heteroatoms. The highest BCUT2D eigenvalue weighted by atomic mass is 15.3. The fraction of sp³-hybridized carbons (Fsp3) is 0.357. The van der Waals surface area contributed by atoms with E-state index in [9.17, 15) is 0 Å². The lowest BCUT2D eigenvalue weighted by molar-refractivity contribution is 0.369. The molecule has 0 fully saturated rings. The molecule has 0 radical (unpaired) electrons. The van der Waals surface area contributed by atoms with Crippen LogP contribution in [-0.4, -0.2) is 34.8 Å². The van der Waals surface area contributed by atoms with Crippen molar-refractivity contribution >= 4 is 16.5 Å². The predicted molar refractivity (Wildman–Crippen MR) is 70.8 cm³/mol. The molecule has 1 aromatic heterocycles. The second-order valence-electron chi connectivity index (χ2n) is 4.73. The van der Waals surface area contributed by atoms with Gasteiger partial charge in [0.2, 0.25) is 0 Å². The number of para-hydroxylation sites is 1. The SMILES string of the molecule is CN1CC=C(c2nn(C)c3ccccc23)CC1. The number of hydrogen-bond acceptors (Lipinski definition) is 2. The first-order chi connectivity index (χ1) is 8.25. The first kappa shape index (κ1) is 10.5. The van der Waals surface area contributed by atoms with E-state index in [4.69, 9.17) is 0 Å². The Balaban J connectivity index is 2.12. The first-order valence-electron chi connectivity index (χ1n) is 6.05. The summed E-state index contributed by atoms with van der Waals surface area (Å²) in [5.41, 5.74) is 3.76. The normalized spacial score (nSPS) is 17.4. The minimum Gasteiger partial charge on any atom is -0.302 e. The molecule has 0 saturated heterocycles. The molecule has 3 rings (SSSR count). The molecule has 1 aliphatic heterocycles. The van der Waals surface area contributed by atoms with Gasteiger partial charge in [0.25, 0.3) is 0 Å². The van der Waals surface area contributed by atoms with Crippen molar-refractivity contribution in [2.24, 2.45) is 7.05 Å². The zero-order chi connectivity index (χ0) is 11.8. The van der Waals surface area contributed by atoms with Crippen LogP contribution in [0, 0.1) is 0 Å². The van der Waals surface area contributed by atoms with Gasteiger partial charge in [0, 0.05) is 25.5 Å². The van der Waals surface area contributed by atoms with Gasteiger partial charge < -0.3 is 4.90 Å². The smallest absolute Gasteiger partial charge is 0.0959 e. The summed E-state index contributed by atoms with van der Waals surface area (Å²) in [6.45, 7) is 2.15. The lowest BCUT2D eigenvalue weighted by Crippen LogP contribution is -2.23. The van der Waals surface area contributed by atoms with Crippen molar-refractivity contribution in [2.75, 3.05) is 20.1 Å². The average Bonchev–Trinajstić information content (AvgIpc) is 2.69. The Bertz CT molecular complexity index is 580. The lowest BCUT2D eigenvalue weighted by atomic mass is 10.0. The fourth-order valence-corrected chi connectivity index (χ4v) is 2.44. The largest absolute Gasteiger partial charge is 0.302 e. The van der Waals surface area contributed by atoms with Gasteiger partial charge in [0.1, 0.15) is 0 Å². The molecule has 0 unspecified atom stereocenters.